The first kappa shape index (κ1) is 24.3. The topological polar surface area (TPSA) is 92.8 Å². The number of benzene rings is 3. The van der Waals surface area contributed by atoms with Crippen molar-refractivity contribution in [3.63, 3.8) is 0 Å². The van der Waals surface area contributed by atoms with E-state index in [9.17, 15) is 18.0 Å². The molecule has 0 aliphatic rings. The maximum absolute atomic E-state index is 13.4. The molecule has 0 saturated carbocycles. The van der Waals surface area contributed by atoms with Crippen LogP contribution in [0.1, 0.15) is 22.8 Å². The van der Waals surface area contributed by atoms with E-state index in [1.165, 1.54) is 30.3 Å². The van der Waals surface area contributed by atoms with Gasteiger partial charge in [-0.05, 0) is 61.9 Å². The Kier molecular flexibility index (Phi) is 7.73. The second-order valence-corrected chi connectivity index (χ2v) is 9.40. The third-order valence-electron chi connectivity index (χ3n) is 4.65. The maximum Gasteiger partial charge on any atom is 0.339 e. The van der Waals surface area contributed by atoms with Crippen LogP contribution in [0.4, 0.5) is 11.4 Å². The minimum Gasteiger partial charge on any atom is -0.462 e. The lowest BCUT2D eigenvalue weighted by Crippen LogP contribution is -2.38. The molecule has 0 aliphatic carbocycles. The number of esters is 1. The Hall–Kier alpha value is -3.36. The third kappa shape index (κ3) is 5.91. The molecule has 1 amide bonds. The molecular weight excluding hydrogens is 464 g/mol. The quantitative estimate of drug-likeness (QED) is 0.467. The van der Waals surface area contributed by atoms with E-state index in [0.717, 1.165) is 9.87 Å². The van der Waals surface area contributed by atoms with Crippen molar-refractivity contribution in [1.82, 2.24) is 0 Å². The molecule has 0 heterocycles. The van der Waals surface area contributed by atoms with Crippen LogP contribution in [0.5, 0.6) is 0 Å². The third-order valence-corrected chi connectivity index (χ3v) is 6.77. The Morgan fingerprint density at radius 3 is 2.39 bits per heavy atom. The largest absolute Gasteiger partial charge is 0.462 e. The molecule has 0 bridgehead atoms. The van der Waals surface area contributed by atoms with Gasteiger partial charge in [-0.3, -0.25) is 9.10 Å². The van der Waals surface area contributed by atoms with E-state index in [0.29, 0.717) is 5.69 Å². The Balaban J connectivity index is 1.90. The first-order chi connectivity index (χ1) is 15.7. The minimum atomic E-state index is -4.02. The molecule has 0 unspecified atom stereocenters. The normalized spacial score (nSPS) is 11.0. The summed E-state index contributed by atoms with van der Waals surface area (Å²) in [6, 6.07) is 19.1. The van der Waals surface area contributed by atoms with Crippen LogP contribution in [0.2, 0.25) is 5.02 Å². The maximum atomic E-state index is 13.4. The van der Waals surface area contributed by atoms with Gasteiger partial charge in [0.05, 0.1) is 27.8 Å². The molecule has 0 spiro atoms. The fourth-order valence-corrected chi connectivity index (χ4v) is 4.75. The van der Waals surface area contributed by atoms with Gasteiger partial charge in [0.25, 0.3) is 10.0 Å². The molecule has 0 saturated heterocycles. The number of rotatable bonds is 8. The van der Waals surface area contributed by atoms with Gasteiger partial charge < -0.3 is 10.1 Å². The Morgan fingerprint density at radius 2 is 1.73 bits per heavy atom. The number of carbonyl (C=O) groups excluding carboxylic acids is 2. The number of ether oxygens (including phenoxy) is 1. The number of hydrogen-bond acceptors (Lipinski definition) is 5. The average molecular weight is 487 g/mol. The summed E-state index contributed by atoms with van der Waals surface area (Å²) < 4.78 is 32.7. The van der Waals surface area contributed by atoms with Crippen molar-refractivity contribution in [3.05, 3.63) is 88.9 Å². The van der Waals surface area contributed by atoms with Gasteiger partial charge in [0.15, 0.2) is 0 Å². The van der Waals surface area contributed by atoms with Crippen molar-refractivity contribution in [1.29, 1.82) is 0 Å². The van der Waals surface area contributed by atoms with E-state index in [1.54, 1.807) is 43.3 Å². The highest BCUT2D eigenvalue weighted by Crippen LogP contribution is 2.25. The molecule has 0 atom stereocenters. The van der Waals surface area contributed by atoms with E-state index >= 15 is 0 Å². The summed E-state index contributed by atoms with van der Waals surface area (Å²) in [5.41, 5.74) is 1.59. The van der Waals surface area contributed by atoms with Gasteiger partial charge in [0, 0.05) is 5.69 Å². The summed E-state index contributed by atoms with van der Waals surface area (Å²) >= 11 is 6.07. The SMILES string of the molecule is CCOC(=O)c1cc(NC(=O)CN(c2cccc(C)c2)S(=O)(=O)c2ccccc2)ccc1Cl. The van der Waals surface area contributed by atoms with Crippen molar-refractivity contribution in [2.75, 3.05) is 22.8 Å². The zero-order chi connectivity index (χ0) is 24.0. The number of sulfonamides is 1. The lowest BCUT2D eigenvalue weighted by molar-refractivity contribution is -0.114. The highest BCUT2D eigenvalue weighted by molar-refractivity contribution is 7.92. The van der Waals surface area contributed by atoms with Gasteiger partial charge in [-0.25, -0.2) is 13.2 Å². The zero-order valence-corrected chi connectivity index (χ0v) is 19.7. The van der Waals surface area contributed by atoms with Crippen LogP contribution in [-0.4, -0.2) is 33.4 Å². The number of anilines is 2. The molecule has 33 heavy (non-hydrogen) atoms. The predicted molar refractivity (Wildman–Crippen MR) is 128 cm³/mol. The summed E-state index contributed by atoms with van der Waals surface area (Å²) in [7, 11) is -4.02. The molecule has 3 aromatic carbocycles. The molecule has 3 aromatic rings. The van der Waals surface area contributed by atoms with E-state index in [2.05, 4.69) is 5.32 Å². The average Bonchev–Trinajstić information content (AvgIpc) is 2.79. The van der Waals surface area contributed by atoms with Crippen LogP contribution in [0.3, 0.4) is 0 Å². The van der Waals surface area contributed by atoms with Gasteiger partial charge in [-0.15, -0.1) is 0 Å². The fourth-order valence-electron chi connectivity index (χ4n) is 3.12. The molecular formula is C24H23ClN2O5S. The van der Waals surface area contributed by atoms with Gasteiger partial charge in [-0.2, -0.15) is 0 Å². The fraction of sp³-hybridized carbons (Fsp3) is 0.167. The monoisotopic (exact) mass is 486 g/mol. The van der Waals surface area contributed by atoms with Gasteiger partial charge in [0.2, 0.25) is 5.91 Å². The van der Waals surface area contributed by atoms with Crippen molar-refractivity contribution >= 4 is 44.9 Å². The smallest absolute Gasteiger partial charge is 0.339 e. The van der Waals surface area contributed by atoms with Crippen LogP contribution in [0, 0.1) is 6.92 Å². The summed E-state index contributed by atoms with van der Waals surface area (Å²) in [6.07, 6.45) is 0. The van der Waals surface area contributed by atoms with Crippen LogP contribution >= 0.6 is 11.6 Å². The molecule has 9 heteroatoms. The summed E-state index contributed by atoms with van der Waals surface area (Å²) in [4.78, 5) is 25.0. The minimum absolute atomic E-state index is 0.0652. The lowest BCUT2D eigenvalue weighted by atomic mass is 10.2. The number of hydrogen-bond donors (Lipinski definition) is 1. The van der Waals surface area contributed by atoms with E-state index in [1.807, 2.05) is 13.0 Å². The molecule has 7 nitrogen and oxygen atoms in total. The highest BCUT2D eigenvalue weighted by atomic mass is 35.5. The van der Waals surface area contributed by atoms with Crippen molar-refractivity contribution in [2.45, 2.75) is 18.7 Å². The van der Waals surface area contributed by atoms with Crippen LogP contribution in [0.25, 0.3) is 0 Å². The summed E-state index contributed by atoms with van der Waals surface area (Å²) in [5.74, 6) is -1.21. The molecule has 0 aliphatic heterocycles. The molecule has 172 valence electrons. The van der Waals surface area contributed by atoms with E-state index in [-0.39, 0.29) is 27.8 Å². The molecule has 0 fully saturated rings. The van der Waals surface area contributed by atoms with Crippen molar-refractivity contribution in [3.8, 4) is 0 Å². The van der Waals surface area contributed by atoms with E-state index in [4.69, 9.17) is 16.3 Å². The first-order valence-corrected chi connectivity index (χ1v) is 11.9. The Morgan fingerprint density at radius 1 is 1.00 bits per heavy atom. The van der Waals surface area contributed by atoms with Gasteiger partial charge in [0.1, 0.15) is 6.54 Å². The molecule has 0 radical (unpaired) electrons. The Bertz CT molecular complexity index is 1260. The lowest BCUT2D eigenvalue weighted by Gasteiger charge is -2.24. The summed E-state index contributed by atoms with van der Waals surface area (Å²) in [6.45, 7) is 3.21. The number of amides is 1. The van der Waals surface area contributed by atoms with E-state index < -0.39 is 28.4 Å². The predicted octanol–water partition coefficient (Wildman–Crippen LogP) is 4.66. The van der Waals surface area contributed by atoms with Crippen LogP contribution < -0.4 is 9.62 Å². The van der Waals surface area contributed by atoms with Gasteiger partial charge in [-0.1, -0.05) is 41.9 Å². The standard InChI is InChI=1S/C24H23ClN2O5S/c1-3-32-24(29)21-15-18(12-13-22(21)25)26-23(28)16-27(19-9-7-8-17(2)14-19)33(30,31)20-10-5-4-6-11-20/h4-15H,3,16H2,1-2H3,(H,26,28). The molecule has 0 aromatic heterocycles. The number of halogens is 1. The highest BCUT2D eigenvalue weighted by Gasteiger charge is 2.27. The molecule has 1 N–H and O–H groups in total. The van der Waals surface area contributed by atoms with Crippen molar-refractivity contribution in [2.24, 2.45) is 0 Å². The van der Waals surface area contributed by atoms with Gasteiger partial charge >= 0.3 is 5.97 Å². The van der Waals surface area contributed by atoms with Crippen molar-refractivity contribution < 1.29 is 22.7 Å². The first-order valence-electron chi connectivity index (χ1n) is 10.1. The summed E-state index contributed by atoms with van der Waals surface area (Å²) in [5, 5.41) is 2.81. The number of aryl methyl sites for hydroxylation is 1. The number of nitrogens with one attached hydrogen (secondary N) is 1. The van der Waals surface area contributed by atoms with Crippen LogP contribution in [-0.2, 0) is 19.6 Å². The second-order valence-electron chi connectivity index (χ2n) is 7.13. The number of nitrogens with zero attached hydrogens (tertiary/aromatic N) is 1. The second kappa shape index (κ2) is 10.5. The zero-order valence-electron chi connectivity index (χ0n) is 18.1. The molecule has 3 rings (SSSR count). The number of carbonyl (C=O) groups is 2. The van der Waals surface area contributed by atoms with Crippen LogP contribution in [0.15, 0.2) is 77.7 Å². The Labute approximate surface area is 198 Å².